The van der Waals surface area contributed by atoms with Crippen molar-refractivity contribution in [1.29, 1.82) is 0 Å². The molecule has 0 N–H and O–H groups in total. The van der Waals surface area contributed by atoms with Crippen LogP contribution in [0.25, 0.3) is 0 Å². The van der Waals surface area contributed by atoms with Gasteiger partial charge in [0.25, 0.3) is 5.91 Å². The van der Waals surface area contributed by atoms with Crippen LogP contribution >= 0.6 is 11.8 Å². The predicted octanol–water partition coefficient (Wildman–Crippen LogP) is 4.50. The number of sulfonamides is 1. The van der Waals surface area contributed by atoms with Crippen molar-refractivity contribution in [3.05, 3.63) is 48.0 Å². The van der Waals surface area contributed by atoms with Crippen LogP contribution in [0, 0.1) is 11.8 Å². The standard InChI is InChI=1S/C24H30N2O4S2/c1-17-13-18(2)16-25(15-17)32(28,29)23-14-19(9-10-21(23)30-3)24(27)26-11-6-12-31-22-8-5-4-7-20(22)26/h4-5,7-10,14,17-18H,6,11-13,15-16H2,1-3H3. The number of hydrogen-bond acceptors (Lipinski definition) is 5. The van der Waals surface area contributed by atoms with Gasteiger partial charge in [0.05, 0.1) is 12.8 Å². The minimum atomic E-state index is -3.79. The van der Waals surface area contributed by atoms with E-state index in [4.69, 9.17) is 4.74 Å². The summed E-state index contributed by atoms with van der Waals surface area (Å²) in [7, 11) is -2.33. The Hall–Kier alpha value is -2.03. The maximum Gasteiger partial charge on any atom is 0.258 e. The fourth-order valence-corrected chi connectivity index (χ4v) is 7.50. The Labute approximate surface area is 195 Å². The van der Waals surface area contributed by atoms with E-state index in [-0.39, 0.29) is 28.4 Å². The number of thioether (sulfide) groups is 1. The lowest BCUT2D eigenvalue weighted by Gasteiger charge is -2.34. The molecule has 2 aromatic rings. The number of benzene rings is 2. The zero-order chi connectivity index (χ0) is 22.9. The molecule has 6 nitrogen and oxygen atoms in total. The largest absolute Gasteiger partial charge is 0.495 e. The molecule has 2 aliphatic heterocycles. The Morgan fingerprint density at radius 1 is 1.09 bits per heavy atom. The molecule has 2 atom stereocenters. The number of para-hydroxylation sites is 1. The Bertz CT molecular complexity index is 1090. The molecular weight excluding hydrogens is 444 g/mol. The van der Waals surface area contributed by atoms with Crippen LogP contribution in [-0.4, -0.2) is 51.1 Å². The summed E-state index contributed by atoms with van der Waals surface area (Å²) in [6, 6.07) is 12.6. The highest BCUT2D eigenvalue weighted by molar-refractivity contribution is 7.99. The fourth-order valence-electron chi connectivity index (χ4n) is 4.65. The van der Waals surface area contributed by atoms with Crippen molar-refractivity contribution >= 4 is 33.4 Å². The molecule has 2 aliphatic rings. The Morgan fingerprint density at radius 3 is 2.53 bits per heavy atom. The molecule has 1 saturated heterocycles. The Balaban J connectivity index is 1.72. The summed E-state index contributed by atoms with van der Waals surface area (Å²) in [4.78, 5) is 16.4. The van der Waals surface area contributed by atoms with Crippen LogP contribution in [0.15, 0.2) is 52.3 Å². The van der Waals surface area contributed by atoms with Crippen LogP contribution in [0.2, 0.25) is 0 Å². The van der Waals surface area contributed by atoms with Crippen molar-refractivity contribution in [2.24, 2.45) is 11.8 Å². The molecular formula is C24H30N2O4S2. The zero-order valence-corrected chi connectivity index (χ0v) is 20.4. The van der Waals surface area contributed by atoms with Gasteiger partial charge in [-0.05, 0) is 60.8 Å². The average molecular weight is 475 g/mol. The summed E-state index contributed by atoms with van der Waals surface area (Å²) in [6.45, 7) is 5.70. The molecule has 8 heteroatoms. The first-order valence-corrected chi connectivity index (χ1v) is 13.5. The number of hydrogen-bond donors (Lipinski definition) is 0. The first-order valence-electron chi connectivity index (χ1n) is 11.0. The highest BCUT2D eigenvalue weighted by atomic mass is 32.2. The third-order valence-electron chi connectivity index (χ3n) is 6.05. The van der Waals surface area contributed by atoms with E-state index in [1.54, 1.807) is 28.8 Å². The van der Waals surface area contributed by atoms with Crippen LogP contribution in [0.1, 0.15) is 37.0 Å². The van der Waals surface area contributed by atoms with Gasteiger partial charge in [0.1, 0.15) is 10.6 Å². The topological polar surface area (TPSA) is 66.9 Å². The molecule has 0 radical (unpaired) electrons. The normalized spacial score (nSPS) is 22.2. The van der Waals surface area contributed by atoms with Gasteiger partial charge in [-0.2, -0.15) is 4.31 Å². The van der Waals surface area contributed by atoms with Crippen molar-refractivity contribution < 1.29 is 17.9 Å². The second-order valence-corrected chi connectivity index (χ2v) is 11.8. The van der Waals surface area contributed by atoms with E-state index in [9.17, 15) is 13.2 Å². The number of carbonyl (C=O) groups is 1. The maximum absolute atomic E-state index is 13.6. The third kappa shape index (κ3) is 4.54. The number of methoxy groups -OCH3 is 1. The molecule has 0 bridgehead atoms. The van der Waals surface area contributed by atoms with E-state index in [2.05, 4.69) is 13.8 Å². The van der Waals surface area contributed by atoms with Gasteiger partial charge in [0, 0.05) is 30.1 Å². The van der Waals surface area contributed by atoms with Crippen molar-refractivity contribution in [1.82, 2.24) is 4.31 Å². The molecule has 4 rings (SSSR count). The van der Waals surface area contributed by atoms with Gasteiger partial charge < -0.3 is 9.64 Å². The lowest BCUT2D eigenvalue weighted by Crippen LogP contribution is -2.42. The molecule has 172 valence electrons. The highest BCUT2D eigenvalue weighted by Crippen LogP contribution is 2.36. The number of nitrogens with zero attached hydrogens (tertiary/aromatic N) is 2. The van der Waals surface area contributed by atoms with Crippen LogP contribution < -0.4 is 9.64 Å². The Morgan fingerprint density at radius 2 is 1.81 bits per heavy atom. The quantitative estimate of drug-likeness (QED) is 0.653. The fraction of sp³-hybridized carbons (Fsp3) is 0.458. The number of anilines is 1. The van der Waals surface area contributed by atoms with E-state index in [0.29, 0.717) is 25.2 Å². The van der Waals surface area contributed by atoms with Crippen molar-refractivity contribution in [3.8, 4) is 5.75 Å². The molecule has 2 unspecified atom stereocenters. The molecule has 32 heavy (non-hydrogen) atoms. The SMILES string of the molecule is COc1ccc(C(=O)N2CCCSc3ccccc32)cc1S(=O)(=O)N1CC(C)CC(C)C1. The monoisotopic (exact) mass is 474 g/mol. The average Bonchev–Trinajstić information content (AvgIpc) is 3.00. The second-order valence-electron chi connectivity index (χ2n) is 8.76. The zero-order valence-electron chi connectivity index (χ0n) is 18.8. The molecule has 2 heterocycles. The number of rotatable bonds is 4. The summed E-state index contributed by atoms with van der Waals surface area (Å²) in [6.07, 6.45) is 1.88. The van der Waals surface area contributed by atoms with Gasteiger partial charge in [-0.25, -0.2) is 8.42 Å². The van der Waals surface area contributed by atoms with Crippen LogP contribution in [0.3, 0.4) is 0 Å². The number of ether oxygens (including phenoxy) is 1. The van der Waals surface area contributed by atoms with E-state index in [0.717, 1.165) is 29.2 Å². The predicted molar refractivity (Wildman–Crippen MR) is 128 cm³/mol. The van der Waals surface area contributed by atoms with Gasteiger partial charge in [0.2, 0.25) is 10.0 Å². The summed E-state index contributed by atoms with van der Waals surface area (Å²) in [5.41, 5.74) is 1.23. The van der Waals surface area contributed by atoms with Gasteiger partial charge in [-0.1, -0.05) is 26.0 Å². The van der Waals surface area contributed by atoms with Crippen LogP contribution in [0.5, 0.6) is 5.75 Å². The summed E-state index contributed by atoms with van der Waals surface area (Å²) < 4.78 is 34.1. The van der Waals surface area contributed by atoms with Gasteiger partial charge in [-0.15, -0.1) is 11.8 Å². The summed E-state index contributed by atoms with van der Waals surface area (Å²) in [5.74, 6) is 1.58. The smallest absolute Gasteiger partial charge is 0.258 e. The lowest BCUT2D eigenvalue weighted by molar-refractivity contribution is 0.0986. The minimum absolute atomic E-state index is 0.0598. The first-order chi connectivity index (χ1) is 15.3. The number of carbonyl (C=O) groups excluding carboxylic acids is 1. The molecule has 0 aromatic heterocycles. The molecule has 0 spiro atoms. The summed E-state index contributed by atoms with van der Waals surface area (Å²) in [5, 5.41) is 0. The number of amides is 1. The molecule has 0 aliphatic carbocycles. The third-order valence-corrected chi connectivity index (χ3v) is 9.05. The van der Waals surface area contributed by atoms with Crippen LogP contribution in [0.4, 0.5) is 5.69 Å². The first kappa shape index (κ1) is 23.1. The van der Waals surface area contributed by atoms with E-state index in [1.807, 2.05) is 24.3 Å². The van der Waals surface area contributed by atoms with Crippen LogP contribution in [-0.2, 0) is 10.0 Å². The number of piperidine rings is 1. The van der Waals surface area contributed by atoms with E-state index < -0.39 is 10.0 Å². The summed E-state index contributed by atoms with van der Waals surface area (Å²) >= 11 is 1.74. The lowest BCUT2D eigenvalue weighted by atomic mass is 9.94. The maximum atomic E-state index is 13.6. The van der Waals surface area contributed by atoms with Gasteiger partial charge in [0.15, 0.2) is 0 Å². The van der Waals surface area contributed by atoms with E-state index >= 15 is 0 Å². The molecule has 1 amide bonds. The second kappa shape index (κ2) is 9.45. The highest BCUT2D eigenvalue weighted by Gasteiger charge is 2.34. The number of fused-ring (bicyclic) bond motifs is 1. The van der Waals surface area contributed by atoms with Crippen molar-refractivity contribution in [3.63, 3.8) is 0 Å². The van der Waals surface area contributed by atoms with Gasteiger partial charge >= 0.3 is 0 Å². The van der Waals surface area contributed by atoms with E-state index in [1.165, 1.54) is 17.5 Å². The molecule has 2 aromatic carbocycles. The van der Waals surface area contributed by atoms with Crippen molar-refractivity contribution in [2.45, 2.75) is 36.5 Å². The van der Waals surface area contributed by atoms with Gasteiger partial charge in [-0.3, -0.25) is 4.79 Å². The Kier molecular flexibility index (Phi) is 6.83. The molecule has 0 saturated carbocycles. The van der Waals surface area contributed by atoms with Crippen molar-refractivity contribution in [2.75, 3.05) is 37.4 Å². The molecule has 1 fully saturated rings. The minimum Gasteiger partial charge on any atom is -0.495 e.